The van der Waals surface area contributed by atoms with E-state index in [0.29, 0.717) is 0 Å². The van der Waals surface area contributed by atoms with Crippen molar-refractivity contribution in [2.45, 2.75) is 333 Å². The van der Waals surface area contributed by atoms with Crippen molar-refractivity contribution in [1.82, 2.24) is 0 Å². The Morgan fingerprint density at radius 1 is 0.159 bits per heavy atom. The van der Waals surface area contributed by atoms with Gasteiger partial charge in [-0.05, 0) is 96.7 Å². The van der Waals surface area contributed by atoms with E-state index >= 15 is 0 Å². The first-order valence-electron chi connectivity index (χ1n) is 30.6. The quantitative estimate of drug-likeness (QED) is 0.259. The lowest BCUT2D eigenvalue weighted by Gasteiger charge is -2.35. The van der Waals surface area contributed by atoms with Crippen molar-refractivity contribution in [3.8, 4) is 0 Å². The van der Waals surface area contributed by atoms with Crippen LogP contribution in [-0.2, 0) is 0 Å². The van der Waals surface area contributed by atoms with Gasteiger partial charge < -0.3 is 0 Å². The van der Waals surface area contributed by atoms with E-state index in [0.717, 1.165) is 71.0 Å². The fraction of sp³-hybridized carbons (Fsp3) is 1.00. The van der Waals surface area contributed by atoms with Crippen molar-refractivity contribution in [2.24, 2.45) is 71.0 Å². The lowest BCUT2D eigenvalue weighted by molar-refractivity contribution is 0.158. The standard InChI is InChI=1S/C21H38.2C10H20.2C9H18.2C2H6/c1-16-6-3-9-18(10-4-7-16)20-11-5-8-17(2)14-21(15-20)19-12-13-19;2*1-9-5-3-7-10(2)8-4-6-9;2*1-9-7-5-3-2-4-6-8-9;2*1-2/h16-21H,3-15H2,1-2H3;2*9-10H,3-8H2,1-2H3;2*9H,2-8H2,1H3;2*1-2H3. The zero-order chi connectivity index (χ0) is 46.5. The van der Waals surface area contributed by atoms with E-state index in [4.69, 9.17) is 0 Å². The molecule has 0 aromatic heterocycles. The monoisotopic (exact) mass is 883 g/mol. The Kier molecular flexibility index (Phi) is 39.7. The van der Waals surface area contributed by atoms with Gasteiger partial charge in [-0.3, -0.25) is 0 Å². The maximum Gasteiger partial charge on any atom is -0.0381 e. The molecule has 7 rings (SSSR count). The van der Waals surface area contributed by atoms with Crippen molar-refractivity contribution >= 4 is 0 Å². The van der Waals surface area contributed by atoms with Crippen LogP contribution in [0.1, 0.15) is 333 Å². The van der Waals surface area contributed by atoms with E-state index in [2.05, 4.69) is 55.4 Å². The van der Waals surface area contributed by atoms with Crippen LogP contribution in [0.2, 0.25) is 0 Å². The summed E-state index contributed by atoms with van der Waals surface area (Å²) in [6.45, 7) is 27.4. The second-order valence-electron chi connectivity index (χ2n) is 24.1. The molecule has 63 heavy (non-hydrogen) atoms. The molecule has 3 unspecified atom stereocenters. The van der Waals surface area contributed by atoms with E-state index in [1.807, 2.05) is 27.7 Å². The van der Waals surface area contributed by atoms with Crippen molar-refractivity contribution in [1.29, 1.82) is 0 Å². The van der Waals surface area contributed by atoms with Crippen LogP contribution in [0.25, 0.3) is 0 Å². The molecule has 7 fully saturated rings. The summed E-state index contributed by atoms with van der Waals surface area (Å²) >= 11 is 0. The topological polar surface area (TPSA) is 0 Å². The van der Waals surface area contributed by atoms with Gasteiger partial charge in [0.05, 0.1) is 0 Å². The van der Waals surface area contributed by atoms with Crippen LogP contribution in [0.5, 0.6) is 0 Å². The molecule has 0 radical (unpaired) electrons. The van der Waals surface area contributed by atoms with E-state index in [1.165, 1.54) is 205 Å². The first kappa shape index (κ1) is 61.0. The van der Waals surface area contributed by atoms with Crippen LogP contribution in [0.4, 0.5) is 0 Å². The Morgan fingerprint density at radius 2 is 0.365 bits per heavy atom. The first-order valence-corrected chi connectivity index (χ1v) is 30.6. The van der Waals surface area contributed by atoms with Crippen molar-refractivity contribution in [3.63, 3.8) is 0 Å². The van der Waals surface area contributed by atoms with Crippen LogP contribution in [0, 0.1) is 71.0 Å². The zero-order valence-corrected chi connectivity index (χ0v) is 46.5. The highest BCUT2D eigenvalue weighted by Gasteiger charge is 2.36. The summed E-state index contributed by atoms with van der Waals surface area (Å²) in [5.74, 6) is 12.5. The molecule has 0 aromatic carbocycles. The van der Waals surface area contributed by atoms with Crippen LogP contribution in [-0.4, -0.2) is 0 Å². The van der Waals surface area contributed by atoms with Gasteiger partial charge in [0.2, 0.25) is 0 Å². The van der Waals surface area contributed by atoms with Gasteiger partial charge in [0, 0.05) is 0 Å². The third-order valence-corrected chi connectivity index (χ3v) is 17.4. The molecule has 0 aliphatic heterocycles. The maximum absolute atomic E-state index is 2.52. The van der Waals surface area contributed by atoms with Gasteiger partial charge in [-0.1, -0.05) is 308 Å². The molecule has 0 heterocycles. The highest BCUT2D eigenvalue weighted by atomic mass is 14.4. The summed E-state index contributed by atoms with van der Waals surface area (Å²) in [5.41, 5.74) is 0. The largest absolute Gasteiger partial charge is 0.0683 e. The van der Waals surface area contributed by atoms with E-state index in [1.54, 1.807) is 44.9 Å². The lowest BCUT2D eigenvalue weighted by atomic mass is 9.70. The summed E-state index contributed by atoms with van der Waals surface area (Å²) in [6.07, 6.45) is 58.6. The Balaban J connectivity index is 0.000000407. The van der Waals surface area contributed by atoms with Crippen LogP contribution >= 0.6 is 0 Å². The predicted molar refractivity (Wildman–Crippen MR) is 290 cm³/mol. The summed E-state index contributed by atoms with van der Waals surface area (Å²) in [5, 5.41) is 0. The molecular formula is C63H126. The third kappa shape index (κ3) is 34.0. The number of hydrogen-bond donors (Lipinski definition) is 0. The number of rotatable bonds is 2. The lowest BCUT2D eigenvalue weighted by Crippen LogP contribution is -2.24. The minimum Gasteiger partial charge on any atom is -0.0683 e. The van der Waals surface area contributed by atoms with E-state index in [9.17, 15) is 0 Å². The van der Waals surface area contributed by atoms with Gasteiger partial charge >= 0.3 is 0 Å². The average molecular weight is 884 g/mol. The molecule has 3 atom stereocenters. The SMILES string of the molecule is CC.CC.CC1CCCC(C)CCC1.CC1CCCC(C)CCC1.CC1CCCC(C2CCCC(C)CC(C3CC3)C2)CCC1.CC1CCCCCCC1.CC1CCCCCCC1. The van der Waals surface area contributed by atoms with Crippen LogP contribution in [0.15, 0.2) is 0 Å². The molecule has 7 aliphatic carbocycles. The summed E-state index contributed by atoms with van der Waals surface area (Å²) in [6, 6.07) is 0. The molecular weight excluding hydrogens is 757 g/mol. The predicted octanol–water partition coefficient (Wildman–Crippen LogP) is 22.8. The van der Waals surface area contributed by atoms with Crippen LogP contribution in [0.3, 0.4) is 0 Å². The Bertz CT molecular complexity index is 820. The Morgan fingerprint density at radius 3 is 0.651 bits per heavy atom. The van der Waals surface area contributed by atoms with Crippen LogP contribution < -0.4 is 0 Å². The molecule has 7 aliphatic rings. The van der Waals surface area contributed by atoms with Crippen molar-refractivity contribution in [3.05, 3.63) is 0 Å². The van der Waals surface area contributed by atoms with Crippen molar-refractivity contribution < 1.29 is 0 Å². The van der Waals surface area contributed by atoms with Gasteiger partial charge in [-0.25, -0.2) is 0 Å². The van der Waals surface area contributed by atoms with E-state index in [-0.39, 0.29) is 0 Å². The summed E-state index contributed by atoms with van der Waals surface area (Å²) in [4.78, 5) is 0. The zero-order valence-electron chi connectivity index (χ0n) is 46.5. The summed E-state index contributed by atoms with van der Waals surface area (Å²) < 4.78 is 0. The average Bonchev–Trinajstić information content (AvgIpc) is 4.08. The molecule has 7 saturated carbocycles. The van der Waals surface area contributed by atoms with Gasteiger partial charge in [-0.2, -0.15) is 0 Å². The molecule has 0 nitrogen and oxygen atoms in total. The first-order chi connectivity index (χ1) is 30.6. The van der Waals surface area contributed by atoms with Crippen molar-refractivity contribution in [2.75, 3.05) is 0 Å². The Hall–Kier alpha value is 0. The molecule has 0 aromatic rings. The van der Waals surface area contributed by atoms with Gasteiger partial charge in [0.1, 0.15) is 0 Å². The third-order valence-electron chi connectivity index (χ3n) is 17.4. The molecule has 0 spiro atoms. The molecule has 378 valence electrons. The normalized spacial score (nSPS) is 33.4. The summed E-state index contributed by atoms with van der Waals surface area (Å²) in [7, 11) is 0. The molecule has 0 saturated heterocycles. The molecule has 0 amide bonds. The highest BCUT2D eigenvalue weighted by Crippen LogP contribution is 2.48. The maximum atomic E-state index is 2.52. The molecule has 0 bridgehead atoms. The fourth-order valence-electron chi connectivity index (χ4n) is 12.7. The second-order valence-corrected chi connectivity index (χ2v) is 24.1. The number of hydrogen-bond acceptors (Lipinski definition) is 0. The highest BCUT2D eigenvalue weighted by molar-refractivity contribution is 4.87. The minimum atomic E-state index is 1.00. The molecule has 0 N–H and O–H groups in total. The van der Waals surface area contributed by atoms with Gasteiger partial charge in [0.15, 0.2) is 0 Å². The van der Waals surface area contributed by atoms with E-state index < -0.39 is 0 Å². The van der Waals surface area contributed by atoms with Gasteiger partial charge in [-0.15, -0.1) is 0 Å². The second kappa shape index (κ2) is 41.0. The minimum absolute atomic E-state index is 1.00. The molecule has 0 heteroatoms. The smallest absolute Gasteiger partial charge is 0.0381 e. The fourth-order valence-corrected chi connectivity index (χ4v) is 12.7. The van der Waals surface area contributed by atoms with Gasteiger partial charge in [0.25, 0.3) is 0 Å². The Labute approximate surface area is 402 Å².